The number of ether oxygens (including phenoxy) is 2. The lowest BCUT2D eigenvalue weighted by atomic mass is 10.1. The molecule has 0 bridgehead atoms. The largest absolute Gasteiger partial charge is 0.496 e. The molecule has 0 aliphatic rings. The second-order valence-electron chi connectivity index (χ2n) is 4.66. The lowest BCUT2D eigenvalue weighted by molar-refractivity contribution is -0.385. The Morgan fingerprint density at radius 3 is 2.65 bits per heavy atom. The maximum Gasteiger partial charge on any atom is 0.315 e. The summed E-state index contributed by atoms with van der Waals surface area (Å²) >= 11 is 6.01. The van der Waals surface area contributed by atoms with Crippen LogP contribution in [0.3, 0.4) is 0 Å². The number of carbonyl (C=O) groups excluding carboxylic acids is 1. The molecule has 0 saturated heterocycles. The van der Waals surface area contributed by atoms with Crippen molar-refractivity contribution in [2.45, 2.75) is 12.8 Å². The van der Waals surface area contributed by atoms with E-state index in [1.54, 1.807) is 12.1 Å². The van der Waals surface area contributed by atoms with Crippen molar-refractivity contribution >= 4 is 23.3 Å². The first kappa shape index (κ1) is 16.8. The molecule has 0 aliphatic carbocycles. The monoisotopic (exact) mass is 335 g/mol. The fraction of sp³-hybridized carbons (Fsp3) is 0.188. The zero-order valence-corrected chi connectivity index (χ0v) is 13.1. The molecule has 0 atom stereocenters. The molecule has 0 aromatic heterocycles. The van der Waals surface area contributed by atoms with E-state index in [0.29, 0.717) is 17.2 Å². The molecule has 2 aromatic rings. The molecule has 0 heterocycles. The molecular formula is C16H14ClNO5. The SMILES string of the molecule is COc1ccc(OC(=O)CCc2ccccc2Cl)c([N+](=O)[O-])c1. The van der Waals surface area contributed by atoms with Gasteiger partial charge in [0.05, 0.1) is 24.5 Å². The van der Waals surface area contributed by atoms with Crippen LogP contribution in [0.15, 0.2) is 42.5 Å². The predicted octanol–water partition coefficient (Wildman–Crippen LogP) is 3.80. The van der Waals surface area contributed by atoms with E-state index in [4.69, 9.17) is 21.1 Å². The average molecular weight is 336 g/mol. The summed E-state index contributed by atoms with van der Waals surface area (Å²) in [5.74, 6) is -0.370. The third-order valence-electron chi connectivity index (χ3n) is 3.14. The van der Waals surface area contributed by atoms with E-state index in [0.717, 1.165) is 5.56 Å². The summed E-state index contributed by atoms with van der Waals surface area (Å²) in [7, 11) is 1.40. The lowest BCUT2D eigenvalue weighted by Crippen LogP contribution is -2.10. The zero-order chi connectivity index (χ0) is 16.8. The van der Waals surface area contributed by atoms with E-state index in [2.05, 4.69) is 0 Å². The minimum atomic E-state index is -0.626. The molecular weight excluding hydrogens is 322 g/mol. The van der Waals surface area contributed by atoms with Crippen LogP contribution >= 0.6 is 11.6 Å². The second-order valence-corrected chi connectivity index (χ2v) is 5.06. The van der Waals surface area contributed by atoms with Crippen LogP contribution in [0.2, 0.25) is 5.02 Å². The molecule has 2 aromatic carbocycles. The van der Waals surface area contributed by atoms with Crippen molar-refractivity contribution in [1.82, 2.24) is 0 Å². The fourth-order valence-corrected chi connectivity index (χ4v) is 2.19. The molecule has 0 aliphatic heterocycles. The van der Waals surface area contributed by atoms with Gasteiger partial charge in [0.15, 0.2) is 0 Å². The van der Waals surface area contributed by atoms with Gasteiger partial charge in [0.2, 0.25) is 5.75 Å². The van der Waals surface area contributed by atoms with Gasteiger partial charge in [0.25, 0.3) is 0 Å². The summed E-state index contributed by atoms with van der Waals surface area (Å²) in [6.07, 6.45) is 0.454. The van der Waals surface area contributed by atoms with Gasteiger partial charge in [-0.25, -0.2) is 0 Å². The Balaban J connectivity index is 2.05. The quantitative estimate of drug-likeness (QED) is 0.347. The van der Waals surface area contributed by atoms with Crippen molar-refractivity contribution < 1.29 is 19.2 Å². The number of methoxy groups -OCH3 is 1. The first-order chi connectivity index (χ1) is 11.0. The molecule has 0 saturated carbocycles. The Kier molecular flexibility index (Phi) is 5.54. The summed E-state index contributed by atoms with van der Waals surface area (Å²) in [6, 6.07) is 11.2. The number of rotatable bonds is 6. The van der Waals surface area contributed by atoms with Crippen molar-refractivity contribution in [2.75, 3.05) is 7.11 Å². The molecule has 6 nitrogen and oxygen atoms in total. The van der Waals surface area contributed by atoms with Gasteiger partial charge in [-0.3, -0.25) is 14.9 Å². The van der Waals surface area contributed by atoms with Crippen LogP contribution in [0.25, 0.3) is 0 Å². The second kappa shape index (κ2) is 7.60. The Bertz CT molecular complexity index is 732. The maximum atomic E-state index is 11.9. The molecule has 7 heteroatoms. The molecule has 0 amide bonds. The predicted molar refractivity (Wildman–Crippen MR) is 85.1 cm³/mol. The van der Waals surface area contributed by atoms with Crippen LogP contribution in [0.5, 0.6) is 11.5 Å². The number of hydrogen-bond donors (Lipinski definition) is 0. The van der Waals surface area contributed by atoms with Crippen LogP contribution in [0, 0.1) is 10.1 Å². The average Bonchev–Trinajstić information content (AvgIpc) is 2.54. The Morgan fingerprint density at radius 1 is 1.26 bits per heavy atom. The van der Waals surface area contributed by atoms with E-state index < -0.39 is 10.9 Å². The molecule has 2 rings (SSSR count). The van der Waals surface area contributed by atoms with Crippen LogP contribution < -0.4 is 9.47 Å². The van der Waals surface area contributed by atoms with Gasteiger partial charge in [-0.15, -0.1) is 0 Å². The van der Waals surface area contributed by atoms with Gasteiger partial charge in [-0.2, -0.15) is 0 Å². The maximum absolute atomic E-state index is 11.9. The molecule has 0 radical (unpaired) electrons. The highest BCUT2D eigenvalue weighted by molar-refractivity contribution is 6.31. The Morgan fingerprint density at radius 2 is 2.00 bits per heavy atom. The number of carbonyl (C=O) groups is 1. The molecule has 0 fully saturated rings. The van der Waals surface area contributed by atoms with Crippen LogP contribution in [-0.2, 0) is 11.2 Å². The van der Waals surface area contributed by atoms with Gasteiger partial charge >= 0.3 is 11.7 Å². The third kappa shape index (κ3) is 4.43. The van der Waals surface area contributed by atoms with Gasteiger partial charge in [-0.1, -0.05) is 29.8 Å². The number of halogens is 1. The van der Waals surface area contributed by atoms with Crippen molar-refractivity contribution in [1.29, 1.82) is 0 Å². The molecule has 0 N–H and O–H groups in total. The van der Waals surface area contributed by atoms with Gasteiger partial charge < -0.3 is 9.47 Å². The number of hydrogen-bond acceptors (Lipinski definition) is 5. The van der Waals surface area contributed by atoms with Crippen molar-refractivity contribution in [2.24, 2.45) is 0 Å². The fourth-order valence-electron chi connectivity index (χ4n) is 1.96. The number of nitrogens with zero attached hydrogens (tertiary/aromatic N) is 1. The highest BCUT2D eigenvalue weighted by atomic mass is 35.5. The van der Waals surface area contributed by atoms with E-state index >= 15 is 0 Å². The van der Waals surface area contributed by atoms with Crippen molar-refractivity contribution in [3.8, 4) is 11.5 Å². The Hall–Kier alpha value is -2.60. The van der Waals surface area contributed by atoms with Crippen LogP contribution in [-0.4, -0.2) is 18.0 Å². The summed E-state index contributed by atoms with van der Waals surface area (Å²) in [4.78, 5) is 22.3. The summed E-state index contributed by atoms with van der Waals surface area (Å²) < 4.78 is 10.0. The molecule has 0 spiro atoms. The normalized spacial score (nSPS) is 10.2. The van der Waals surface area contributed by atoms with Crippen molar-refractivity contribution in [3.63, 3.8) is 0 Å². The molecule has 0 unspecified atom stereocenters. The first-order valence-corrected chi connectivity index (χ1v) is 7.15. The van der Waals surface area contributed by atoms with Crippen molar-refractivity contribution in [3.05, 3.63) is 63.2 Å². The van der Waals surface area contributed by atoms with Crippen LogP contribution in [0.1, 0.15) is 12.0 Å². The highest BCUT2D eigenvalue weighted by Gasteiger charge is 2.19. The minimum Gasteiger partial charge on any atom is -0.496 e. The lowest BCUT2D eigenvalue weighted by Gasteiger charge is -2.07. The number of nitro benzene ring substituents is 1. The Labute approximate surface area is 137 Å². The first-order valence-electron chi connectivity index (χ1n) is 6.77. The van der Waals surface area contributed by atoms with E-state index in [1.807, 2.05) is 12.1 Å². The van der Waals surface area contributed by atoms with Crippen LogP contribution in [0.4, 0.5) is 5.69 Å². The molecule has 23 heavy (non-hydrogen) atoms. The zero-order valence-electron chi connectivity index (χ0n) is 12.3. The number of nitro groups is 1. The van der Waals surface area contributed by atoms with E-state index in [-0.39, 0.29) is 17.9 Å². The number of aryl methyl sites for hydroxylation is 1. The smallest absolute Gasteiger partial charge is 0.315 e. The summed E-state index contributed by atoms with van der Waals surface area (Å²) in [6.45, 7) is 0. The highest BCUT2D eigenvalue weighted by Crippen LogP contribution is 2.31. The van der Waals surface area contributed by atoms with Gasteiger partial charge in [0, 0.05) is 5.02 Å². The van der Waals surface area contributed by atoms with Gasteiger partial charge in [-0.05, 0) is 30.2 Å². The summed E-state index contributed by atoms with van der Waals surface area (Å²) in [5.41, 5.74) is 0.491. The van der Waals surface area contributed by atoms with E-state index in [1.165, 1.54) is 25.3 Å². The number of benzene rings is 2. The van der Waals surface area contributed by atoms with Gasteiger partial charge in [0.1, 0.15) is 5.75 Å². The number of esters is 1. The van der Waals surface area contributed by atoms with E-state index in [9.17, 15) is 14.9 Å². The molecule has 120 valence electrons. The summed E-state index contributed by atoms with van der Waals surface area (Å²) in [5, 5.41) is 11.6. The third-order valence-corrected chi connectivity index (χ3v) is 3.51. The standard InChI is InChI=1S/C16H14ClNO5/c1-22-12-7-8-15(14(10-12)18(20)21)23-16(19)9-6-11-4-2-3-5-13(11)17/h2-5,7-8,10H,6,9H2,1H3. The minimum absolute atomic E-state index is 0.0624. The topological polar surface area (TPSA) is 78.7 Å².